The van der Waals surface area contributed by atoms with Gasteiger partial charge in [-0.25, -0.2) is 4.39 Å². The standard InChI is InChI=1S/C29H31F4N7O3/c1-18(41)39-10-7-19(8-11-39)20-12-21-13-23(35-36-26(21)15-20)4-2-3-9-40-17-27(37-38-40)28(42)34-16-22-14-24(5-6-25(22)30)43-29(31,32)33/h5-6,12-14,17,19H,2-4,7-11,15-16H2,1H3,(H,34,42). The summed E-state index contributed by atoms with van der Waals surface area (Å²) in [5.74, 6) is -1.41. The Bertz CT molecular complexity index is 1510. The first-order valence-electron chi connectivity index (χ1n) is 14.1. The molecule has 1 N–H and O–H groups in total. The fourth-order valence-electron chi connectivity index (χ4n) is 5.37. The molecule has 1 fully saturated rings. The molecule has 3 aromatic rings. The Balaban J connectivity index is 1.06. The number of carbonyl (C=O) groups excluding carboxylic acids is 2. The van der Waals surface area contributed by atoms with E-state index in [1.807, 2.05) is 4.90 Å². The van der Waals surface area contributed by atoms with Gasteiger partial charge in [0, 0.05) is 45.1 Å². The van der Waals surface area contributed by atoms with E-state index in [4.69, 9.17) is 0 Å². The number of nitrogens with one attached hydrogen (secondary N) is 1. The molecule has 14 heteroatoms. The van der Waals surface area contributed by atoms with E-state index in [0.29, 0.717) is 12.5 Å². The Morgan fingerprint density at radius 2 is 1.88 bits per heavy atom. The molecule has 1 aliphatic heterocycles. The van der Waals surface area contributed by atoms with Crippen LogP contribution in [0.15, 0.2) is 36.0 Å². The number of nitrogens with zero attached hydrogens (tertiary/aromatic N) is 6. The monoisotopic (exact) mass is 601 g/mol. The molecule has 2 aliphatic rings. The van der Waals surface area contributed by atoms with Gasteiger partial charge in [-0.15, -0.1) is 18.3 Å². The first kappa shape index (κ1) is 30.1. The number of amides is 2. The van der Waals surface area contributed by atoms with Gasteiger partial charge < -0.3 is 15.0 Å². The highest BCUT2D eigenvalue weighted by atomic mass is 19.4. The van der Waals surface area contributed by atoms with Crippen molar-refractivity contribution in [2.24, 2.45) is 5.92 Å². The number of piperidine rings is 1. The quantitative estimate of drug-likeness (QED) is 0.273. The van der Waals surface area contributed by atoms with Crippen LogP contribution in [0.25, 0.3) is 6.08 Å². The van der Waals surface area contributed by atoms with Gasteiger partial charge in [-0.3, -0.25) is 14.3 Å². The topological polar surface area (TPSA) is 115 Å². The van der Waals surface area contributed by atoms with E-state index in [9.17, 15) is 27.2 Å². The zero-order chi connectivity index (χ0) is 30.6. The Hall–Kier alpha value is -4.36. The van der Waals surface area contributed by atoms with Crippen molar-refractivity contribution in [3.05, 3.63) is 70.1 Å². The third-order valence-corrected chi connectivity index (χ3v) is 7.66. The molecule has 2 aromatic heterocycles. The van der Waals surface area contributed by atoms with Crippen molar-refractivity contribution in [3.8, 4) is 5.75 Å². The second-order valence-electron chi connectivity index (χ2n) is 10.7. The summed E-state index contributed by atoms with van der Waals surface area (Å²) < 4.78 is 56.6. The Morgan fingerprint density at radius 1 is 1.09 bits per heavy atom. The van der Waals surface area contributed by atoms with Crippen LogP contribution in [0.5, 0.6) is 5.75 Å². The van der Waals surface area contributed by atoms with Crippen molar-refractivity contribution >= 4 is 17.9 Å². The SMILES string of the molecule is CC(=O)N1CCC(C2=Cc3cc(CCCCn4cc(C(=O)NCc5cc(OC(F)(F)F)ccc5F)nn4)nnc3C2)CC1. The zero-order valence-corrected chi connectivity index (χ0v) is 23.5. The van der Waals surface area contributed by atoms with Crippen molar-refractivity contribution in [1.29, 1.82) is 0 Å². The van der Waals surface area contributed by atoms with Gasteiger partial charge in [0.25, 0.3) is 5.91 Å². The van der Waals surface area contributed by atoms with Crippen LogP contribution in [0, 0.1) is 11.7 Å². The maximum Gasteiger partial charge on any atom is 0.573 e. The van der Waals surface area contributed by atoms with Crippen LogP contribution in [-0.4, -0.2) is 61.4 Å². The number of benzene rings is 1. The maximum atomic E-state index is 14.0. The molecule has 0 saturated carbocycles. The van der Waals surface area contributed by atoms with Gasteiger partial charge in [0.15, 0.2) is 5.69 Å². The number of aromatic nitrogens is 5. The fraction of sp³-hybridized carbons (Fsp3) is 0.448. The minimum absolute atomic E-state index is 0.00199. The van der Waals surface area contributed by atoms with Crippen molar-refractivity contribution in [3.63, 3.8) is 0 Å². The normalized spacial score (nSPS) is 15.3. The summed E-state index contributed by atoms with van der Waals surface area (Å²) in [6.07, 6.45) is 3.80. The van der Waals surface area contributed by atoms with E-state index < -0.39 is 23.8 Å². The van der Waals surface area contributed by atoms with Gasteiger partial charge in [-0.1, -0.05) is 16.9 Å². The van der Waals surface area contributed by atoms with Crippen LogP contribution < -0.4 is 10.1 Å². The lowest BCUT2D eigenvalue weighted by molar-refractivity contribution is -0.274. The number of carbonyl (C=O) groups is 2. The highest BCUT2D eigenvalue weighted by Crippen LogP contribution is 2.34. The molecular formula is C29H31F4N7O3. The van der Waals surface area contributed by atoms with E-state index in [1.54, 1.807) is 6.92 Å². The molecule has 5 rings (SSSR count). The lowest BCUT2D eigenvalue weighted by atomic mass is 9.88. The number of rotatable bonds is 10. The van der Waals surface area contributed by atoms with Crippen LogP contribution in [0.2, 0.25) is 0 Å². The lowest BCUT2D eigenvalue weighted by Gasteiger charge is -2.32. The Kier molecular flexibility index (Phi) is 9.02. The predicted octanol–water partition coefficient (Wildman–Crippen LogP) is 4.26. The Morgan fingerprint density at radius 3 is 2.63 bits per heavy atom. The second kappa shape index (κ2) is 12.9. The number of aryl methyl sites for hydroxylation is 2. The number of allylic oxidation sites excluding steroid dienone is 1. The van der Waals surface area contributed by atoms with Gasteiger partial charge in [-0.2, -0.15) is 10.2 Å². The van der Waals surface area contributed by atoms with E-state index in [1.165, 1.54) is 16.5 Å². The van der Waals surface area contributed by atoms with Crippen LogP contribution in [0.4, 0.5) is 17.6 Å². The summed E-state index contributed by atoms with van der Waals surface area (Å²) >= 11 is 0. The molecule has 1 saturated heterocycles. The molecule has 43 heavy (non-hydrogen) atoms. The number of ether oxygens (including phenoxy) is 1. The van der Waals surface area contributed by atoms with Crippen molar-refractivity contribution in [1.82, 2.24) is 35.4 Å². The average Bonchev–Trinajstić information content (AvgIpc) is 3.62. The highest BCUT2D eigenvalue weighted by Gasteiger charge is 2.31. The summed E-state index contributed by atoms with van der Waals surface area (Å²) in [5.41, 5.74) is 4.20. The molecule has 0 radical (unpaired) electrons. The van der Waals surface area contributed by atoms with Crippen molar-refractivity contribution < 1.29 is 31.9 Å². The largest absolute Gasteiger partial charge is 0.573 e. The minimum Gasteiger partial charge on any atom is -0.406 e. The Labute approximate surface area is 245 Å². The van der Waals surface area contributed by atoms with Crippen LogP contribution in [0.1, 0.15) is 65.6 Å². The summed E-state index contributed by atoms with van der Waals surface area (Å²) in [5, 5.41) is 19.1. The number of likely N-dealkylation sites (tertiary alicyclic amines) is 1. The first-order valence-corrected chi connectivity index (χ1v) is 14.1. The summed E-state index contributed by atoms with van der Waals surface area (Å²) in [6, 6.07) is 4.66. The van der Waals surface area contributed by atoms with Crippen LogP contribution in [0.3, 0.4) is 0 Å². The summed E-state index contributed by atoms with van der Waals surface area (Å²) in [7, 11) is 0. The molecule has 0 unspecified atom stereocenters. The van der Waals surface area contributed by atoms with Gasteiger partial charge in [0.2, 0.25) is 5.91 Å². The maximum absolute atomic E-state index is 14.0. The van der Waals surface area contributed by atoms with E-state index in [-0.39, 0.29) is 23.7 Å². The second-order valence-corrected chi connectivity index (χ2v) is 10.7. The molecule has 3 heterocycles. The van der Waals surface area contributed by atoms with Gasteiger partial charge >= 0.3 is 6.36 Å². The molecule has 0 atom stereocenters. The molecule has 0 spiro atoms. The third kappa shape index (κ3) is 7.93. The van der Waals surface area contributed by atoms with Gasteiger partial charge in [0.05, 0.1) is 17.6 Å². The van der Waals surface area contributed by atoms with Crippen molar-refractivity contribution in [2.75, 3.05) is 13.1 Å². The average molecular weight is 602 g/mol. The van der Waals surface area contributed by atoms with Gasteiger partial charge in [-0.05, 0) is 67.9 Å². The van der Waals surface area contributed by atoms with E-state index >= 15 is 0 Å². The predicted molar refractivity (Wildman–Crippen MR) is 146 cm³/mol. The summed E-state index contributed by atoms with van der Waals surface area (Å²) in [4.78, 5) is 25.9. The smallest absolute Gasteiger partial charge is 0.406 e. The minimum atomic E-state index is -4.91. The van der Waals surface area contributed by atoms with Crippen molar-refractivity contribution in [2.45, 2.75) is 64.9 Å². The van der Waals surface area contributed by atoms with E-state index in [0.717, 1.165) is 86.8 Å². The zero-order valence-electron chi connectivity index (χ0n) is 23.5. The third-order valence-electron chi connectivity index (χ3n) is 7.66. The fourth-order valence-corrected chi connectivity index (χ4v) is 5.37. The lowest BCUT2D eigenvalue weighted by Crippen LogP contribution is -2.37. The van der Waals surface area contributed by atoms with Crippen LogP contribution >= 0.6 is 0 Å². The molecule has 0 bridgehead atoms. The number of halogens is 4. The molecular weight excluding hydrogens is 570 g/mol. The molecule has 1 aromatic carbocycles. The molecule has 10 nitrogen and oxygen atoms in total. The number of alkyl halides is 3. The number of fused-ring (bicyclic) bond motifs is 1. The summed E-state index contributed by atoms with van der Waals surface area (Å²) in [6.45, 7) is 3.35. The molecule has 2 amide bonds. The molecule has 228 valence electrons. The van der Waals surface area contributed by atoms with E-state index in [2.05, 4.69) is 42.7 Å². The number of hydrogen-bond acceptors (Lipinski definition) is 7. The highest BCUT2D eigenvalue weighted by molar-refractivity contribution is 5.91. The van der Waals surface area contributed by atoms with Crippen LogP contribution in [-0.2, 0) is 30.7 Å². The van der Waals surface area contributed by atoms with Gasteiger partial charge in [0.1, 0.15) is 11.6 Å². The molecule has 1 aliphatic carbocycles. The number of hydrogen-bond donors (Lipinski definition) is 1. The first-order chi connectivity index (χ1) is 20.5. The number of unbranched alkanes of at least 4 members (excludes halogenated alkanes) is 1.